The van der Waals surface area contributed by atoms with Crippen LogP contribution in [-0.2, 0) is 9.59 Å². The Labute approximate surface area is 97.2 Å². The van der Waals surface area contributed by atoms with Crippen LogP contribution in [0.5, 0.6) is 0 Å². The molecule has 2 aliphatic rings. The van der Waals surface area contributed by atoms with Gasteiger partial charge in [-0.2, -0.15) is 0 Å². The average Bonchev–Trinajstić information content (AvgIpc) is 2.58. The highest BCUT2D eigenvalue weighted by Crippen LogP contribution is 2.43. The predicted octanol–water partition coefficient (Wildman–Crippen LogP) is 2.00. The van der Waals surface area contributed by atoms with Crippen molar-refractivity contribution >= 4 is 11.7 Å². The molecule has 1 saturated heterocycles. The van der Waals surface area contributed by atoms with Crippen molar-refractivity contribution < 1.29 is 9.59 Å². The van der Waals surface area contributed by atoms with Gasteiger partial charge in [-0.1, -0.05) is 20.3 Å². The highest BCUT2D eigenvalue weighted by atomic mass is 16.2. The summed E-state index contributed by atoms with van der Waals surface area (Å²) in [7, 11) is 0. The summed E-state index contributed by atoms with van der Waals surface area (Å²) in [6.07, 6.45) is 4.44. The first-order chi connectivity index (χ1) is 7.50. The predicted molar refractivity (Wildman–Crippen MR) is 61.9 cm³/mol. The Balaban J connectivity index is 1.99. The summed E-state index contributed by atoms with van der Waals surface area (Å²) >= 11 is 0. The van der Waals surface area contributed by atoms with Gasteiger partial charge in [0.05, 0.1) is 0 Å². The smallest absolute Gasteiger partial charge is 0.226 e. The lowest BCUT2D eigenvalue weighted by molar-refractivity contribution is -0.140. The maximum atomic E-state index is 12.3. The van der Waals surface area contributed by atoms with Gasteiger partial charge in [0, 0.05) is 31.8 Å². The fourth-order valence-corrected chi connectivity index (χ4v) is 2.98. The standard InChI is InChI=1S/C13H21NO2/c1-13(2)7-3-4-11(13)12(16)14-8-5-10(15)6-9-14/h11H,3-9H2,1-2H3. The van der Waals surface area contributed by atoms with E-state index in [-0.39, 0.29) is 17.2 Å². The van der Waals surface area contributed by atoms with Crippen molar-refractivity contribution in [2.75, 3.05) is 13.1 Å². The lowest BCUT2D eigenvalue weighted by atomic mass is 9.81. The number of hydrogen-bond donors (Lipinski definition) is 0. The maximum absolute atomic E-state index is 12.3. The molecule has 3 nitrogen and oxygen atoms in total. The molecule has 1 heterocycles. The molecular weight excluding hydrogens is 202 g/mol. The van der Waals surface area contributed by atoms with E-state index >= 15 is 0 Å². The first kappa shape index (κ1) is 11.6. The lowest BCUT2D eigenvalue weighted by Gasteiger charge is -2.33. The first-order valence-corrected chi connectivity index (χ1v) is 6.31. The van der Waals surface area contributed by atoms with Crippen molar-refractivity contribution in [3.05, 3.63) is 0 Å². The van der Waals surface area contributed by atoms with Crippen LogP contribution in [0.4, 0.5) is 0 Å². The Morgan fingerprint density at radius 3 is 2.44 bits per heavy atom. The number of rotatable bonds is 1. The number of carbonyl (C=O) groups is 2. The molecule has 3 heteroatoms. The van der Waals surface area contributed by atoms with Crippen LogP contribution in [0, 0.1) is 11.3 Å². The molecule has 1 aliphatic heterocycles. The quantitative estimate of drug-likeness (QED) is 0.682. The van der Waals surface area contributed by atoms with Gasteiger partial charge in [0.25, 0.3) is 0 Å². The van der Waals surface area contributed by atoms with Crippen molar-refractivity contribution in [1.29, 1.82) is 0 Å². The highest BCUT2D eigenvalue weighted by molar-refractivity contribution is 5.84. The summed E-state index contributed by atoms with van der Waals surface area (Å²) in [5.41, 5.74) is 0.151. The van der Waals surface area contributed by atoms with Crippen molar-refractivity contribution in [1.82, 2.24) is 4.90 Å². The van der Waals surface area contributed by atoms with E-state index in [0.29, 0.717) is 31.7 Å². The zero-order valence-corrected chi connectivity index (χ0v) is 10.3. The zero-order valence-electron chi connectivity index (χ0n) is 10.3. The number of hydrogen-bond acceptors (Lipinski definition) is 2. The van der Waals surface area contributed by atoms with Crippen LogP contribution in [0.1, 0.15) is 46.0 Å². The summed E-state index contributed by atoms with van der Waals surface area (Å²) in [5.74, 6) is 0.769. The van der Waals surface area contributed by atoms with Crippen LogP contribution in [0.15, 0.2) is 0 Å². The highest BCUT2D eigenvalue weighted by Gasteiger charge is 2.41. The van der Waals surface area contributed by atoms with Gasteiger partial charge in [-0.05, 0) is 18.3 Å². The Kier molecular flexibility index (Phi) is 3.04. The normalized spacial score (nSPS) is 29.5. The molecule has 0 aromatic rings. The molecule has 1 unspecified atom stereocenters. The maximum Gasteiger partial charge on any atom is 0.226 e. The fraction of sp³-hybridized carbons (Fsp3) is 0.846. The molecule has 1 amide bonds. The molecule has 1 atom stereocenters. The van der Waals surface area contributed by atoms with Crippen LogP contribution >= 0.6 is 0 Å². The molecule has 1 aliphatic carbocycles. The van der Waals surface area contributed by atoms with Gasteiger partial charge < -0.3 is 4.90 Å². The van der Waals surface area contributed by atoms with E-state index in [0.717, 1.165) is 19.3 Å². The second kappa shape index (κ2) is 4.19. The van der Waals surface area contributed by atoms with Gasteiger partial charge in [0.15, 0.2) is 0 Å². The number of piperidine rings is 1. The molecule has 1 saturated carbocycles. The van der Waals surface area contributed by atoms with E-state index in [2.05, 4.69) is 13.8 Å². The van der Waals surface area contributed by atoms with Crippen molar-refractivity contribution in [3.8, 4) is 0 Å². The average molecular weight is 223 g/mol. The van der Waals surface area contributed by atoms with Crippen LogP contribution in [-0.4, -0.2) is 29.7 Å². The first-order valence-electron chi connectivity index (χ1n) is 6.31. The van der Waals surface area contributed by atoms with Gasteiger partial charge in [0.2, 0.25) is 5.91 Å². The monoisotopic (exact) mass is 223 g/mol. The van der Waals surface area contributed by atoms with Crippen LogP contribution in [0.3, 0.4) is 0 Å². The number of nitrogens with zero attached hydrogens (tertiary/aromatic N) is 1. The minimum Gasteiger partial charge on any atom is -0.342 e. The third-order valence-electron chi connectivity index (χ3n) is 4.19. The molecule has 0 bridgehead atoms. The van der Waals surface area contributed by atoms with Gasteiger partial charge in [-0.15, -0.1) is 0 Å². The summed E-state index contributed by atoms with van der Waals surface area (Å²) in [6, 6.07) is 0. The molecule has 90 valence electrons. The minimum absolute atomic E-state index is 0.151. The van der Waals surface area contributed by atoms with Crippen LogP contribution in [0.25, 0.3) is 0 Å². The third kappa shape index (κ3) is 2.13. The molecule has 0 aromatic carbocycles. The molecule has 0 radical (unpaired) electrons. The second-order valence-corrected chi connectivity index (χ2v) is 5.80. The summed E-state index contributed by atoms with van der Waals surface area (Å²) in [4.78, 5) is 25.4. The summed E-state index contributed by atoms with van der Waals surface area (Å²) in [6.45, 7) is 5.67. The third-order valence-corrected chi connectivity index (χ3v) is 4.19. The van der Waals surface area contributed by atoms with E-state index in [1.54, 1.807) is 0 Å². The van der Waals surface area contributed by atoms with Crippen molar-refractivity contribution in [2.24, 2.45) is 11.3 Å². The van der Waals surface area contributed by atoms with E-state index in [9.17, 15) is 9.59 Å². The molecule has 16 heavy (non-hydrogen) atoms. The lowest BCUT2D eigenvalue weighted by Crippen LogP contribution is -2.44. The van der Waals surface area contributed by atoms with E-state index in [4.69, 9.17) is 0 Å². The van der Waals surface area contributed by atoms with Crippen LogP contribution < -0.4 is 0 Å². The van der Waals surface area contributed by atoms with Gasteiger partial charge in [-0.25, -0.2) is 0 Å². The van der Waals surface area contributed by atoms with E-state index < -0.39 is 0 Å². The van der Waals surface area contributed by atoms with Gasteiger partial charge in [-0.3, -0.25) is 9.59 Å². The fourth-order valence-electron chi connectivity index (χ4n) is 2.98. The number of amides is 1. The number of likely N-dealkylation sites (tertiary alicyclic amines) is 1. The molecule has 0 aromatic heterocycles. The van der Waals surface area contributed by atoms with Crippen molar-refractivity contribution in [3.63, 3.8) is 0 Å². The Morgan fingerprint density at radius 1 is 1.31 bits per heavy atom. The van der Waals surface area contributed by atoms with E-state index in [1.165, 1.54) is 0 Å². The topological polar surface area (TPSA) is 37.4 Å². The van der Waals surface area contributed by atoms with Gasteiger partial charge >= 0.3 is 0 Å². The minimum atomic E-state index is 0.151. The number of ketones is 1. The largest absolute Gasteiger partial charge is 0.342 e. The number of carbonyl (C=O) groups excluding carboxylic acids is 2. The van der Waals surface area contributed by atoms with Crippen LogP contribution in [0.2, 0.25) is 0 Å². The zero-order chi connectivity index (χ0) is 11.8. The Hall–Kier alpha value is -0.860. The number of Topliss-reactive ketones (excluding diaryl/α,β-unsaturated/α-hetero) is 1. The molecule has 0 N–H and O–H groups in total. The summed E-state index contributed by atoms with van der Waals surface area (Å²) in [5, 5.41) is 0. The molecule has 0 spiro atoms. The van der Waals surface area contributed by atoms with E-state index in [1.807, 2.05) is 4.90 Å². The SMILES string of the molecule is CC1(C)CCCC1C(=O)N1CCC(=O)CC1. The molecular formula is C13H21NO2. The summed E-state index contributed by atoms with van der Waals surface area (Å²) < 4.78 is 0. The second-order valence-electron chi connectivity index (χ2n) is 5.80. The van der Waals surface area contributed by atoms with Gasteiger partial charge in [0.1, 0.15) is 5.78 Å². The molecule has 2 rings (SSSR count). The Morgan fingerprint density at radius 2 is 1.94 bits per heavy atom. The Bertz CT molecular complexity index is 299. The molecule has 2 fully saturated rings. The van der Waals surface area contributed by atoms with Crippen molar-refractivity contribution in [2.45, 2.75) is 46.0 Å².